The molecule has 0 atom stereocenters. The molecule has 0 saturated carbocycles. The molecule has 0 spiro atoms. The third-order valence-electron chi connectivity index (χ3n) is 3.88. The third-order valence-corrected chi connectivity index (χ3v) is 7.04. The van der Waals surface area contributed by atoms with Gasteiger partial charge >= 0.3 is 6.61 Å². The number of thiazole rings is 1. The maximum absolute atomic E-state index is 12.8. The van der Waals surface area contributed by atoms with E-state index in [2.05, 4.69) is 9.72 Å². The lowest BCUT2D eigenvalue weighted by molar-refractivity contribution is -0.0498. The van der Waals surface area contributed by atoms with Crippen molar-refractivity contribution in [1.29, 1.82) is 0 Å². The van der Waals surface area contributed by atoms with E-state index in [0.29, 0.717) is 26.2 Å². The lowest BCUT2D eigenvalue weighted by Crippen LogP contribution is -2.48. The number of alkyl halides is 2. The fourth-order valence-corrected chi connectivity index (χ4v) is 5.14. The molecule has 0 amide bonds. The minimum absolute atomic E-state index is 0.0531. The van der Waals surface area contributed by atoms with Gasteiger partial charge in [0.25, 0.3) is 0 Å². The number of sulfonamides is 1. The highest BCUT2D eigenvalue weighted by Gasteiger charge is 2.30. The first kappa shape index (κ1) is 19.3. The van der Waals surface area contributed by atoms with Crippen LogP contribution in [0.1, 0.15) is 4.88 Å². The Kier molecular flexibility index (Phi) is 5.66. The molecule has 0 aliphatic carbocycles. The molecule has 2 heterocycles. The fraction of sp³-hybridized carbons (Fsp3) is 0.400. The van der Waals surface area contributed by atoms with Crippen molar-refractivity contribution >= 4 is 38.1 Å². The Labute approximate surface area is 159 Å². The van der Waals surface area contributed by atoms with Gasteiger partial charge in [0.05, 0.1) is 9.92 Å². The molecule has 0 N–H and O–H groups in total. The zero-order valence-corrected chi connectivity index (χ0v) is 16.1. The molecule has 1 aromatic heterocycles. The Bertz CT molecular complexity index is 884. The molecule has 0 radical (unpaired) electrons. The van der Waals surface area contributed by atoms with E-state index < -0.39 is 16.6 Å². The molecule has 1 aliphatic heterocycles. The van der Waals surface area contributed by atoms with Crippen LogP contribution in [0.25, 0.3) is 0 Å². The van der Waals surface area contributed by atoms with Gasteiger partial charge in [-0.15, -0.1) is 11.3 Å². The number of aromatic nitrogens is 1. The number of rotatable bonds is 5. The topological polar surface area (TPSA) is 62.7 Å². The second-order valence-electron chi connectivity index (χ2n) is 5.62. The van der Waals surface area contributed by atoms with Crippen LogP contribution in [0, 0.1) is 6.92 Å². The van der Waals surface area contributed by atoms with Crippen LogP contribution in [0.15, 0.2) is 29.3 Å². The summed E-state index contributed by atoms with van der Waals surface area (Å²) < 4.78 is 55.7. The number of benzene rings is 1. The van der Waals surface area contributed by atoms with Crippen molar-refractivity contribution in [3.63, 3.8) is 0 Å². The quantitative estimate of drug-likeness (QED) is 0.739. The molecule has 26 heavy (non-hydrogen) atoms. The summed E-state index contributed by atoms with van der Waals surface area (Å²) in [7, 11) is -3.77. The molecule has 3 rings (SSSR count). The van der Waals surface area contributed by atoms with E-state index in [1.807, 2.05) is 11.8 Å². The van der Waals surface area contributed by atoms with Crippen molar-refractivity contribution in [1.82, 2.24) is 9.29 Å². The Hall–Kier alpha value is -1.49. The van der Waals surface area contributed by atoms with Crippen molar-refractivity contribution in [2.45, 2.75) is 18.4 Å². The minimum atomic E-state index is -3.77. The smallest absolute Gasteiger partial charge is 0.387 e. The van der Waals surface area contributed by atoms with Gasteiger partial charge in [-0.2, -0.15) is 13.1 Å². The van der Waals surface area contributed by atoms with E-state index in [-0.39, 0.29) is 15.7 Å². The molecule has 142 valence electrons. The van der Waals surface area contributed by atoms with Crippen molar-refractivity contribution in [3.05, 3.63) is 34.3 Å². The highest BCUT2D eigenvalue weighted by Crippen LogP contribution is 2.30. The molecule has 0 bridgehead atoms. The maximum atomic E-state index is 12.8. The van der Waals surface area contributed by atoms with Crippen molar-refractivity contribution in [3.8, 4) is 5.75 Å². The number of anilines is 1. The monoisotopic (exact) mass is 423 g/mol. The van der Waals surface area contributed by atoms with Crippen LogP contribution in [0.2, 0.25) is 5.02 Å². The summed E-state index contributed by atoms with van der Waals surface area (Å²) in [5.41, 5.74) is 0. The number of piperazine rings is 1. The largest absolute Gasteiger partial charge is 0.433 e. The highest BCUT2D eigenvalue weighted by molar-refractivity contribution is 7.89. The van der Waals surface area contributed by atoms with E-state index in [1.165, 1.54) is 10.4 Å². The second-order valence-corrected chi connectivity index (χ2v) is 9.17. The van der Waals surface area contributed by atoms with Gasteiger partial charge in [0.15, 0.2) is 5.13 Å². The first-order chi connectivity index (χ1) is 12.3. The van der Waals surface area contributed by atoms with Crippen molar-refractivity contribution in [2.75, 3.05) is 31.1 Å². The van der Waals surface area contributed by atoms with Gasteiger partial charge in [-0.25, -0.2) is 13.4 Å². The van der Waals surface area contributed by atoms with E-state index >= 15 is 0 Å². The predicted octanol–water partition coefficient (Wildman–Crippen LogP) is 3.22. The summed E-state index contributed by atoms with van der Waals surface area (Å²) in [5, 5.41) is 0.694. The van der Waals surface area contributed by atoms with Gasteiger partial charge < -0.3 is 9.64 Å². The zero-order valence-electron chi connectivity index (χ0n) is 13.7. The first-order valence-corrected chi connectivity index (χ1v) is 10.3. The van der Waals surface area contributed by atoms with E-state index in [0.717, 1.165) is 22.1 Å². The van der Waals surface area contributed by atoms with Gasteiger partial charge in [0, 0.05) is 37.3 Å². The van der Waals surface area contributed by atoms with Gasteiger partial charge in [0.2, 0.25) is 10.0 Å². The minimum Gasteiger partial charge on any atom is -0.433 e. The fourth-order valence-electron chi connectivity index (χ4n) is 2.59. The number of halogens is 3. The summed E-state index contributed by atoms with van der Waals surface area (Å²) in [6.45, 7) is 0.575. The highest BCUT2D eigenvalue weighted by atomic mass is 35.5. The molecular formula is C15H16ClF2N3O3S2. The van der Waals surface area contributed by atoms with E-state index in [1.54, 1.807) is 17.5 Å². The Morgan fingerprint density at radius 2 is 1.96 bits per heavy atom. The van der Waals surface area contributed by atoms with Crippen LogP contribution in [0.5, 0.6) is 5.75 Å². The Morgan fingerprint density at radius 3 is 2.50 bits per heavy atom. The normalized spacial score (nSPS) is 16.3. The summed E-state index contributed by atoms with van der Waals surface area (Å²) in [6, 6.07) is 3.48. The van der Waals surface area contributed by atoms with Gasteiger partial charge in [-0.05, 0) is 25.1 Å². The Balaban J connectivity index is 1.72. The van der Waals surface area contributed by atoms with Crippen molar-refractivity contribution < 1.29 is 21.9 Å². The van der Waals surface area contributed by atoms with E-state index in [4.69, 9.17) is 11.6 Å². The van der Waals surface area contributed by atoms with Crippen LogP contribution in [-0.4, -0.2) is 50.5 Å². The summed E-state index contributed by atoms with van der Waals surface area (Å²) in [5.74, 6) is -0.260. The number of hydrogen-bond acceptors (Lipinski definition) is 6. The van der Waals surface area contributed by atoms with Crippen LogP contribution < -0.4 is 9.64 Å². The second kappa shape index (κ2) is 7.63. The molecule has 1 fully saturated rings. The van der Waals surface area contributed by atoms with Crippen LogP contribution in [0.4, 0.5) is 13.9 Å². The van der Waals surface area contributed by atoms with Crippen LogP contribution >= 0.6 is 22.9 Å². The molecule has 1 aliphatic rings. The first-order valence-electron chi connectivity index (χ1n) is 7.69. The van der Waals surface area contributed by atoms with Gasteiger partial charge in [0.1, 0.15) is 5.75 Å². The number of hydrogen-bond donors (Lipinski definition) is 0. The summed E-state index contributed by atoms with van der Waals surface area (Å²) >= 11 is 7.43. The van der Waals surface area contributed by atoms with Crippen LogP contribution in [0.3, 0.4) is 0 Å². The van der Waals surface area contributed by atoms with E-state index in [9.17, 15) is 17.2 Å². The SMILES string of the molecule is Cc1cnc(N2CCN(S(=O)(=O)c3ccc(OC(F)F)c(Cl)c3)CC2)s1. The van der Waals surface area contributed by atoms with Crippen LogP contribution in [-0.2, 0) is 10.0 Å². The molecule has 6 nitrogen and oxygen atoms in total. The van der Waals surface area contributed by atoms with Gasteiger partial charge in [-0.3, -0.25) is 0 Å². The lowest BCUT2D eigenvalue weighted by Gasteiger charge is -2.33. The number of nitrogens with zero attached hydrogens (tertiary/aromatic N) is 3. The average molecular weight is 424 g/mol. The molecule has 0 unspecified atom stereocenters. The zero-order chi connectivity index (χ0) is 18.9. The third kappa shape index (κ3) is 4.08. The average Bonchev–Trinajstić information content (AvgIpc) is 3.03. The molecule has 1 aromatic carbocycles. The lowest BCUT2D eigenvalue weighted by atomic mass is 10.3. The summed E-state index contributed by atoms with van der Waals surface area (Å²) in [6.07, 6.45) is 1.79. The Morgan fingerprint density at radius 1 is 1.27 bits per heavy atom. The molecule has 11 heteroatoms. The molecular weight excluding hydrogens is 408 g/mol. The standard InChI is InChI=1S/C15H16ClF2N3O3S2/c1-10-9-19-15(25-10)20-4-6-21(7-5-20)26(22,23)11-2-3-13(12(16)8-11)24-14(17)18/h2-3,8-9,14H,4-7H2,1H3. The summed E-state index contributed by atoms with van der Waals surface area (Å²) in [4.78, 5) is 7.39. The maximum Gasteiger partial charge on any atom is 0.387 e. The van der Waals surface area contributed by atoms with Crippen molar-refractivity contribution in [2.24, 2.45) is 0 Å². The van der Waals surface area contributed by atoms with Gasteiger partial charge in [-0.1, -0.05) is 11.6 Å². The number of ether oxygens (including phenoxy) is 1. The molecule has 1 saturated heterocycles. The molecule has 2 aromatic rings. The number of aryl methyl sites for hydroxylation is 1. The predicted molar refractivity (Wildman–Crippen MR) is 95.9 cm³/mol.